The van der Waals surface area contributed by atoms with Crippen LogP contribution in [0.5, 0.6) is 5.75 Å². The Morgan fingerprint density at radius 2 is 2.18 bits per heavy atom. The number of nitrogens with zero attached hydrogens (tertiary/aromatic N) is 1. The van der Waals surface area contributed by atoms with E-state index in [0.29, 0.717) is 0 Å². The molecule has 0 saturated heterocycles. The van der Waals surface area contributed by atoms with Crippen molar-refractivity contribution in [2.75, 3.05) is 6.61 Å². The fourth-order valence-corrected chi connectivity index (χ4v) is 1.20. The Kier molecular flexibility index (Phi) is 4.41. The van der Waals surface area contributed by atoms with E-state index in [4.69, 9.17) is 10.2 Å². The number of aromatic nitrogens is 1. The van der Waals surface area contributed by atoms with E-state index in [-0.39, 0.29) is 24.3 Å². The number of carboxylic acids is 1. The van der Waals surface area contributed by atoms with Crippen molar-refractivity contribution in [3.05, 3.63) is 24.0 Å². The van der Waals surface area contributed by atoms with E-state index in [1.54, 1.807) is 0 Å². The van der Waals surface area contributed by atoms with Crippen molar-refractivity contribution in [2.45, 2.75) is 12.5 Å². The number of carbonyl (C=O) groups excluding carboxylic acids is 1. The van der Waals surface area contributed by atoms with Crippen molar-refractivity contribution in [2.24, 2.45) is 0 Å². The number of amides is 1. The molecular weight excluding hydrogens is 228 g/mol. The molecule has 0 aliphatic heterocycles. The Hall–Kier alpha value is -2.15. The summed E-state index contributed by atoms with van der Waals surface area (Å²) in [5, 5.41) is 28.9. The monoisotopic (exact) mass is 240 g/mol. The van der Waals surface area contributed by atoms with Gasteiger partial charge in [-0.25, -0.2) is 4.79 Å². The van der Waals surface area contributed by atoms with Crippen LogP contribution in [0.3, 0.4) is 0 Å². The summed E-state index contributed by atoms with van der Waals surface area (Å²) in [5.74, 6) is -2.31. The van der Waals surface area contributed by atoms with Gasteiger partial charge in [0.15, 0.2) is 0 Å². The molecular formula is C10H12N2O5. The molecule has 0 saturated carbocycles. The van der Waals surface area contributed by atoms with Gasteiger partial charge in [-0.15, -0.1) is 0 Å². The molecule has 0 aromatic carbocycles. The number of hydrogen-bond donors (Lipinski definition) is 4. The molecule has 0 aliphatic carbocycles. The number of aliphatic carboxylic acids is 1. The van der Waals surface area contributed by atoms with Gasteiger partial charge in [-0.1, -0.05) is 0 Å². The van der Waals surface area contributed by atoms with Crippen molar-refractivity contribution in [1.82, 2.24) is 10.3 Å². The fraction of sp³-hybridized carbons (Fsp3) is 0.300. The van der Waals surface area contributed by atoms with E-state index in [1.807, 2.05) is 0 Å². The quantitative estimate of drug-likeness (QED) is 0.543. The molecule has 0 fully saturated rings. The molecule has 0 radical (unpaired) electrons. The van der Waals surface area contributed by atoms with Crippen LogP contribution in [-0.2, 0) is 4.79 Å². The maximum Gasteiger partial charge on any atom is 0.326 e. The second-order valence-electron chi connectivity index (χ2n) is 3.27. The topological polar surface area (TPSA) is 120 Å². The summed E-state index contributed by atoms with van der Waals surface area (Å²) in [6.45, 7) is -0.362. The van der Waals surface area contributed by atoms with Crippen molar-refractivity contribution in [1.29, 1.82) is 0 Å². The standard InChI is InChI=1S/C10H12N2O5/c13-4-2-7(10(16)17)12-9(15)6-1-3-11-5-8(6)14/h1,3,5,7,13-14H,2,4H2,(H,12,15)(H,16,17)/t7-/m0/s1. The number of nitrogens with one attached hydrogen (secondary N) is 1. The lowest BCUT2D eigenvalue weighted by Crippen LogP contribution is -2.41. The van der Waals surface area contributed by atoms with Crippen LogP contribution < -0.4 is 5.32 Å². The Morgan fingerprint density at radius 1 is 1.47 bits per heavy atom. The summed E-state index contributed by atoms with van der Waals surface area (Å²) in [5.41, 5.74) is -0.0656. The number of aliphatic hydroxyl groups excluding tert-OH is 1. The number of rotatable bonds is 5. The molecule has 1 aromatic rings. The molecule has 4 N–H and O–H groups in total. The van der Waals surface area contributed by atoms with Gasteiger partial charge in [0, 0.05) is 19.2 Å². The molecule has 1 rings (SSSR count). The fourth-order valence-electron chi connectivity index (χ4n) is 1.20. The molecule has 1 amide bonds. The van der Waals surface area contributed by atoms with Crippen molar-refractivity contribution < 1.29 is 24.9 Å². The molecule has 0 spiro atoms. The zero-order chi connectivity index (χ0) is 12.8. The SMILES string of the molecule is O=C(N[C@@H](CCO)C(=O)O)c1ccncc1O. The minimum Gasteiger partial charge on any atom is -0.505 e. The summed E-state index contributed by atoms with van der Waals surface area (Å²) < 4.78 is 0. The average Bonchev–Trinajstić information content (AvgIpc) is 2.28. The van der Waals surface area contributed by atoms with E-state index < -0.39 is 17.9 Å². The summed E-state index contributed by atoms with van der Waals surface area (Å²) in [6, 6.07) is 0.0720. The Morgan fingerprint density at radius 3 is 2.71 bits per heavy atom. The van der Waals surface area contributed by atoms with E-state index in [1.165, 1.54) is 12.3 Å². The Labute approximate surface area is 96.7 Å². The summed E-state index contributed by atoms with van der Waals surface area (Å²) in [6.07, 6.45) is 2.28. The highest BCUT2D eigenvalue weighted by Crippen LogP contribution is 2.13. The largest absolute Gasteiger partial charge is 0.505 e. The van der Waals surface area contributed by atoms with Crippen LogP contribution in [0.1, 0.15) is 16.8 Å². The highest BCUT2D eigenvalue weighted by Gasteiger charge is 2.21. The minimum atomic E-state index is -1.25. The van der Waals surface area contributed by atoms with Crippen LogP contribution in [-0.4, -0.2) is 44.8 Å². The molecule has 0 bridgehead atoms. The smallest absolute Gasteiger partial charge is 0.326 e. The van der Waals surface area contributed by atoms with Gasteiger partial charge in [0.25, 0.3) is 5.91 Å². The first-order valence-corrected chi connectivity index (χ1v) is 4.83. The lowest BCUT2D eigenvalue weighted by atomic mass is 10.2. The van der Waals surface area contributed by atoms with Crippen LogP contribution >= 0.6 is 0 Å². The van der Waals surface area contributed by atoms with Gasteiger partial charge in [0.05, 0.1) is 11.8 Å². The van der Waals surface area contributed by atoms with Gasteiger partial charge in [0.2, 0.25) is 0 Å². The second kappa shape index (κ2) is 5.80. The third kappa shape index (κ3) is 3.42. The first-order chi connectivity index (χ1) is 8.06. The molecule has 7 nitrogen and oxygen atoms in total. The first kappa shape index (κ1) is 12.9. The van der Waals surface area contributed by atoms with Gasteiger partial charge in [0.1, 0.15) is 11.8 Å². The lowest BCUT2D eigenvalue weighted by molar-refractivity contribution is -0.139. The molecule has 1 atom stereocenters. The summed E-state index contributed by atoms with van der Waals surface area (Å²) in [4.78, 5) is 25.9. The van der Waals surface area contributed by atoms with Crippen LogP contribution in [0, 0.1) is 0 Å². The van der Waals surface area contributed by atoms with Crippen LogP contribution in [0.15, 0.2) is 18.5 Å². The number of carbonyl (C=O) groups is 2. The van der Waals surface area contributed by atoms with Crippen LogP contribution in [0.4, 0.5) is 0 Å². The predicted octanol–water partition coefficient (Wildman–Crippen LogP) is -0.647. The van der Waals surface area contributed by atoms with Crippen LogP contribution in [0.25, 0.3) is 0 Å². The molecule has 1 heterocycles. The van der Waals surface area contributed by atoms with Gasteiger partial charge in [-0.3, -0.25) is 9.78 Å². The van der Waals surface area contributed by atoms with Crippen LogP contribution in [0.2, 0.25) is 0 Å². The van der Waals surface area contributed by atoms with E-state index in [9.17, 15) is 14.7 Å². The molecule has 1 aromatic heterocycles. The number of aliphatic hydroxyl groups is 1. The number of aromatic hydroxyl groups is 1. The van der Waals surface area contributed by atoms with E-state index >= 15 is 0 Å². The molecule has 0 aliphatic rings. The normalized spacial score (nSPS) is 11.8. The minimum absolute atomic E-state index is 0.0656. The number of carboxylic acid groups (broad SMARTS) is 1. The number of pyridine rings is 1. The first-order valence-electron chi connectivity index (χ1n) is 4.83. The van der Waals surface area contributed by atoms with Gasteiger partial charge in [-0.05, 0) is 6.07 Å². The summed E-state index contributed by atoms with van der Waals surface area (Å²) >= 11 is 0. The lowest BCUT2D eigenvalue weighted by Gasteiger charge is -2.13. The summed E-state index contributed by atoms with van der Waals surface area (Å²) in [7, 11) is 0. The molecule has 17 heavy (non-hydrogen) atoms. The van der Waals surface area contributed by atoms with Crippen molar-refractivity contribution in [3.8, 4) is 5.75 Å². The van der Waals surface area contributed by atoms with Gasteiger partial charge in [-0.2, -0.15) is 0 Å². The van der Waals surface area contributed by atoms with Crippen molar-refractivity contribution in [3.63, 3.8) is 0 Å². The van der Waals surface area contributed by atoms with E-state index in [0.717, 1.165) is 6.20 Å². The van der Waals surface area contributed by atoms with Gasteiger partial charge >= 0.3 is 5.97 Å². The third-order valence-corrected chi connectivity index (χ3v) is 2.07. The van der Waals surface area contributed by atoms with Gasteiger partial charge < -0.3 is 20.6 Å². The molecule has 0 unspecified atom stereocenters. The predicted molar refractivity (Wildman–Crippen MR) is 56.5 cm³/mol. The Balaban J connectivity index is 2.77. The van der Waals surface area contributed by atoms with E-state index in [2.05, 4.69) is 10.3 Å². The van der Waals surface area contributed by atoms with Crippen molar-refractivity contribution >= 4 is 11.9 Å². The average molecular weight is 240 g/mol. The molecule has 92 valence electrons. The second-order valence-corrected chi connectivity index (χ2v) is 3.27. The maximum absolute atomic E-state index is 11.6. The highest BCUT2D eigenvalue weighted by atomic mass is 16.4. The zero-order valence-corrected chi connectivity index (χ0v) is 8.83. The third-order valence-electron chi connectivity index (χ3n) is 2.07. The Bertz CT molecular complexity index is 421. The number of hydrogen-bond acceptors (Lipinski definition) is 5. The highest BCUT2D eigenvalue weighted by molar-refractivity contribution is 5.98. The maximum atomic E-state index is 11.6. The molecule has 7 heteroatoms. The zero-order valence-electron chi connectivity index (χ0n) is 8.83.